The molecule has 0 saturated heterocycles. The van der Waals surface area contributed by atoms with E-state index in [9.17, 15) is 13.9 Å². The molecule has 0 atom stereocenters. The van der Waals surface area contributed by atoms with Crippen molar-refractivity contribution in [3.63, 3.8) is 0 Å². The Kier molecular flexibility index (Phi) is 1.75. The van der Waals surface area contributed by atoms with E-state index in [0.717, 1.165) is 0 Å². The van der Waals surface area contributed by atoms with Crippen LogP contribution in [-0.4, -0.2) is 21.1 Å². The van der Waals surface area contributed by atoms with E-state index in [1.807, 2.05) is 0 Å². The maximum Gasteiger partial charge on any atom is 0.261 e. The van der Waals surface area contributed by atoms with Gasteiger partial charge in [-0.2, -0.15) is 0 Å². The van der Waals surface area contributed by atoms with Gasteiger partial charge in [0.05, 0.1) is 17.4 Å². The van der Waals surface area contributed by atoms with Crippen LogP contribution in [0.25, 0.3) is 11.0 Å². The van der Waals surface area contributed by atoms with Gasteiger partial charge in [0.2, 0.25) is 0 Å². The Hall–Kier alpha value is -1.65. The summed E-state index contributed by atoms with van der Waals surface area (Å²) in [5, 5.41) is 9.37. The number of phenols is 1. The molecule has 0 radical (unpaired) electrons. The molecule has 0 unspecified atom stereocenters. The summed E-state index contributed by atoms with van der Waals surface area (Å²) >= 11 is 0. The fourth-order valence-electron chi connectivity index (χ4n) is 2.04. The lowest BCUT2D eigenvalue weighted by Gasteiger charge is -2.16. The Bertz CT molecular complexity index is 546. The normalized spacial score (nSPS) is 18.2. The standard InChI is InChI=1S/C11H10F2N2O/c12-10(13)11(3-4-11)15-6-14-8-2-1-7(16)5-9(8)15/h1-2,5-6,10,16H,3-4H2. The molecule has 1 fully saturated rings. The second-order valence-corrected chi connectivity index (χ2v) is 4.19. The zero-order valence-electron chi connectivity index (χ0n) is 8.40. The van der Waals surface area contributed by atoms with Crippen molar-refractivity contribution < 1.29 is 13.9 Å². The Morgan fingerprint density at radius 2 is 2.12 bits per heavy atom. The highest BCUT2D eigenvalue weighted by atomic mass is 19.3. The topological polar surface area (TPSA) is 38.1 Å². The summed E-state index contributed by atoms with van der Waals surface area (Å²) in [6.45, 7) is 0. The van der Waals surface area contributed by atoms with Crippen molar-refractivity contribution >= 4 is 11.0 Å². The number of nitrogens with zero attached hydrogens (tertiary/aromatic N) is 2. The summed E-state index contributed by atoms with van der Waals surface area (Å²) in [4.78, 5) is 4.07. The number of benzene rings is 1. The van der Waals surface area contributed by atoms with Gasteiger partial charge in [0, 0.05) is 6.07 Å². The Morgan fingerprint density at radius 1 is 1.38 bits per heavy atom. The summed E-state index contributed by atoms with van der Waals surface area (Å²) < 4.78 is 27.4. The van der Waals surface area contributed by atoms with E-state index in [-0.39, 0.29) is 5.75 Å². The summed E-state index contributed by atoms with van der Waals surface area (Å²) in [6, 6.07) is 4.61. The highest BCUT2D eigenvalue weighted by Crippen LogP contribution is 2.49. The van der Waals surface area contributed by atoms with Crippen molar-refractivity contribution in [1.82, 2.24) is 9.55 Å². The molecule has 3 rings (SSSR count). The van der Waals surface area contributed by atoms with Crippen molar-refractivity contribution in [3.8, 4) is 5.75 Å². The van der Waals surface area contributed by atoms with Crippen LogP contribution in [0.3, 0.4) is 0 Å². The third-order valence-corrected chi connectivity index (χ3v) is 3.18. The number of imidazole rings is 1. The maximum absolute atomic E-state index is 13.0. The molecule has 1 heterocycles. The van der Waals surface area contributed by atoms with Crippen molar-refractivity contribution in [2.75, 3.05) is 0 Å². The summed E-state index contributed by atoms with van der Waals surface area (Å²) in [5.74, 6) is 0.0688. The van der Waals surface area contributed by atoms with Crippen LogP contribution in [0.15, 0.2) is 24.5 Å². The molecule has 1 aromatic carbocycles. The smallest absolute Gasteiger partial charge is 0.261 e. The van der Waals surface area contributed by atoms with E-state index in [4.69, 9.17) is 0 Å². The van der Waals surface area contributed by atoms with Crippen LogP contribution in [0.2, 0.25) is 0 Å². The van der Waals surface area contributed by atoms with Gasteiger partial charge in [0.15, 0.2) is 0 Å². The van der Waals surface area contributed by atoms with Crippen LogP contribution in [-0.2, 0) is 5.54 Å². The van der Waals surface area contributed by atoms with Crippen LogP contribution in [0.5, 0.6) is 5.75 Å². The van der Waals surface area contributed by atoms with E-state index in [0.29, 0.717) is 23.9 Å². The molecule has 16 heavy (non-hydrogen) atoms. The Morgan fingerprint density at radius 3 is 2.75 bits per heavy atom. The minimum Gasteiger partial charge on any atom is -0.508 e. The second-order valence-electron chi connectivity index (χ2n) is 4.19. The largest absolute Gasteiger partial charge is 0.508 e. The first kappa shape index (κ1) is 9.57. The number of alkyl halides is 2. The molecule has 5 heteroatoms. The molecule has 1 aliphatic carbocycles. The highest BCUT2D eigenvalue weighted by Gasteiger charge is 2.53. The van der Waals surface area contributed by atoms with Gasteiger partial charge < -0.3 is 9.67 Å². The molecule has 2 aromatic rings. The van der Waals surface area contributed by atoms with Crippen LogP contribution < -0.4 is 0 Å². The molecule has 3 nitrogen and oxygen atoms in total. The van der Waals surface area contributed by atoms with E-state index in [1.165, 1.54) is 23.0 Å². The van der Waals surface area contributed by atoms with Crippen molar-refractivity contribution in [2.24, 2.45) is 0 Å². The first-order valence-corrected chi connectivity index (χ1v) is 5.08. The van der Waals surface area contributed by atoms with Crippen molar-refractivity contribution in [2.45, 2.75) is 24.8 Å². The average Bonchev–Trinajstić information content (AvgIpc) is 2.95. The van der Waals surface area contributed by atoms with Gasteiger partial charge >= 0.3 is 0 Å². The third-order valence-electron chi connectivity index (χ3n) is 3.18. The highest BCUT2D eigenvalue weighted by molar-refractivity contribution is 5.77. The minimum absolute atomic E-state index is 0.0688. The van der Waals surface area contributed by atoms with Crippen LogP contribution in [0, 0.1) is 0 Å². The summed E-state index contributed by atoms with van der Waals surface area (Å²) in [6.07, 6.45) is -0.0341. The van der Waals surface area contributed by atoms with Gasteiger partial charge in [0.25, 0.3) is 6.43 Å². The number of rotatable bonds is 2. The van der Waals surface area contributed by atoms with Gasteiger partial charge in [0.1, 0.15) is 11.3 Å². The lowest BCUT2D eigenvalue weighted by molar-refractivity contribution is 0.0691. The summed E-state index contributed by atoms with van der Waals surface area (Å²) in [5.41, 5.74) is 0.102. The van der Waals surface area contributed by atoms with Gasteiger partial charge in [-0.25, -0.2) is 13.8 Å². The zero-order valence-corrected chi connectivity index (χ0v) is 8.40. The van der Waals surface area contributed by atoms with Gasteiger partial charge in [-0.1, -0.05) is 0 Å². The molecule has 1 aliphatic rings. The fourth-order valence-corrected chi connectivity index (χ4v) is 2.04. The van der Waals surface area contributed by atoms with Crippen molar-refractivity contribution in [1.29, 1.82) is 0 Å². The fraction of sp³-hybridized carbons (Fsp3) is 0.364. The molecule has 1 N–H and O–H groups in total. The van der Waals surface area contributed by atoms with Crippen LogP contribution in [0.4, 0.5) is 8.78 Å². The zero-order chi connectivity index (χ0) is 11.3. The number of fused-ring (bicyclic) bond motifs is 1. The number of hydrogen-bond acceptors (Lipinski definition) is 2. The first-order valence-electron chi connectivity index (χ1n) is 5.08. The van der Waals surface area contributed by atoms with Gasteiger partial charge in [-0.3, -0.25) is 0 Å². The minimum atomic E-state index is -2.40. The van der Waals surface area contributed by atoms with E-state index in [2.05, 4.69) is 4.98 Å². The quantitative estimate of drug-likeness (QED) is 0.851. The molecule has 1 aromatic heterocycles. The lowest BCUT2D eigenvalue weighted by Crippen LogP contribution is -2.24. The first-order chi connectivity index (χ1) is 7.63. The predicted octanol–water partition coefficient (Wildman–Crippen LogP) is 2.50. The molecule has 0 spiro atoms. The molecule has 0 amide bonds. The van der Waals surface area contributed by atoms with E-state index < -0.39 is 12.0 Å². The Labute approximate surface area is 90.3 Å². The number of halogens is 2. The molecule has 0 bridgehead atoms. The summed E-state index contributed by atoms with van der Waals surface area (Å²) in [7, 11) is 0. The number of phenolic OH excluding ortho intramolecular Hbond substituents is 1. The average molecular weight is 224 g/mol. The maximum atomic E-state index is 13.0. The van der Waals surface area contributed by atoms with E-state index >= 15 is 0 Å². The predicted molar refractivity (Wildman–Crippen MR) is 54.6 cm³/mol. The van der Waals surface area contributed by atoms with Gasteiger partial charge in [-0.05, 0) is 25.0 Å². The number of aromatic nitrogens is 2. The van der Waals surface area contributed by atoms with Crippen LogP contribution in [0.1, 0.15) is 12.8 Å². The third kappa shape index (κ3) is 1.14. The SMILES string of the molecule is Oc1ccc2ncn(C3(C(F)F)CC3)c2c1. The Balaban J connectivity index is 2.21. The molecular formula is C11H10F2N2O. The van der Waals surface area contributed by atoms with Crippen molar-refractivity contribution in [3.05, 3.63) is 24.5 Å². The second kappa shape index (κ2) is 2.93. The molecule has 84 valence electrons. The lowest BCUT2D eigenvalue weighted by atomic mass is 10.2. The van der Waals surface area contributed by atoms with Gasteiger partial charge in [-0.15, -0.1) is 0 Å². The van der Waals surface area contributed by atoms with Crippen LogP contribution >= 0.6 is 0 Å². The molecular weight excluding hydrogens is 214 g/mol. The number of hydrogen-bond donors (Lipinski definition) is 1. The molecule has 1 saturated carbocycles. The monoisotopic (exact) mass is 224 g/mol. The number of aromatic hydroxyl groups is 1. The molecule has 0 aliphatic heterocycles. The van der Waals surface area contributed by atoms with E-state index in [1.54, 1.807) is 6.07 Å².